The molecule has 3 aromatic rings. The van der Waals surface area contributed by atoms with E-state index in [-0.39, 0.29) is 23.0 Å². The average Bonchev–Trinajstić information content (AvgIpc) is 3.08. The van der Waals surface area contributed by atoms with Crippen molar-refractivity contribution in [1.82, 2.24) is 9.97 Å². The number of fused-ring (bicyclic) bond motifs is 3. The molecule has 1 aliphatic carbocycles. The molecule has 2 heterocycles. The lowest BCUT2D eigenvalue weighted by atomic mass is 9.97. The number of thiophene rings is 1. The molecule has 10 heteroatoms. The Morgan fingerprint density at radius 2 is 2.07 bits per heavy atom. The molecule has 156 valence electrons. The number of aryl methyl sites for hydroxylation is 3. The van der Waals surface area contributed by atoms with E-state index in [1.54, 1.807) is 24.3 Å². The van der Waals surface area contributed by atoms with Gasteiger partial charge in [-0.05, 0) is 56.2 Å². The standard InChI is InChI=1S/C20H21N5O3S2/c1-10-7-8-13(25(27)28)17(11(10)2)22-15(26)9-29-20-23-18(21)16-12-5-3-4-6-14(12)30-19(16)24-20/h7-8H,3-6,9H2,1-2H3,(H,22,26)(H2,21,23,24). The molecule has 0 saturated carbocycles. The van der Waals surface area contributed by atoms with Crippen LogP contribution < -0.4 is 11.1 Å². The Bertz CT molecular complexity index is 1180. The number of carbonyl (C=O) groups is 1. The van der Waals surface area contributed by atoms with Gasteiger partial charge < -0.3 is 11.1 Å². The van der Waals surface area contributed by atoms with Crippen LogP contribution in [0.3, 0.4) is 0 Å². The SMILES string of the molecule is Cc1ccc([N+](=O)[O-])c(NC(=O)CSc2nc(N)c3c4c(sc3n2)CCCC4)c1C. The van der Waals surface area contributed by atoms with E-state index in [2.05, 4.69) is 15.3 Å². The Hall–Kier alpha value is -2.72. The van der Waals surface area contributed by atoms with Gasteiger partial charge in [0.1, 0.15) is 16.3 Å². The minimum Gasteiger partial charge on any atom is -0.383 e. The summed E-state index contributed by atoms with van der Waals surface area (Å²) in [5.74, 6) is 0.123. The molecule has 0 bridgehead atoms. The van der Waals surface area contributed by atoms with E-state index in [1.807, 2.05) is 6.92 Å². The van der Waals surface area contributed by atoms with E-state index in [0.717, 1.165) is 35.0 Å². The molecule has 30 heavy (non-hydrogen) atoms. The van der Waals surface area contributed by atoms with Crippen molar-refractivity contribution in [2.75, 3.05) is 16.8 Å². The normalized spacial score (nSPS) is 13.3. The highest BCUT2D eigenvalue weighted by atomic mass is 32.2. The Morgan fingerprint density at radius 1 is 1.30 bits per heavy atom. The maximum atomic E-state index is 12.5. The average molecular weight is 444 g/mol. The second-order valence-corrected chi connectivity index (χ2v) is 9.30. The molecular formula is C20H21N5O3S2. The van der Waals surface area contributed by atoms with Gasteiger partial charge in [0.15, 0.2) is 5.16 Å². The van der Waals surface area contributed by atoms with E-state index in [0.29, 0.717) is 16.5 Å². The van der Waals surface area contributed by atoms with Crippen LogP contribution in [0.2, 0.25) is 0 Å². The van der Waals surface area contributed by atoms with Crippen LogP contribution >= 0.6 is 23.1 Å². The number of nitro benzene ring substituents is 1. The summed E-state index contributed by atoms with van der Waals surface area (Å²) in [6.07, 6.45) is 4.39. The van der Waals surface area contributed by atoms with Crippen LogP contribution in [0.1, 0.15) is 34.4 Å². The third-order valence-corrected chi connectivity index (χ3v) is 7.36. The maximum Gasteiger partial charge on any atom is 0.293 e. The first kappa shape index (κ1) is 20.5. The number of amides is 1. The molecule has 0 saturated heterocycles. The van der Waals surface area contributed by atoms with Crippen molar-refractivity contribution < 1.29 is 9.72 Å². The second-order valence-electron chi connectivity index (χ2n) is 7.28. The van der Waals surface area contributed by atoms with Gasteiger partial charge in [0.05, 0.1) is 16.1 Å². The monoisotopic (exact) mass is 443 g/mol. The van der Waals surface area contributed by atoms with Gasteiger partial charge in [0.2, 0.25) is 5.91 Å². The summed E-state index contributed by atoms with van der Waals surface area (Å²) in [4.78, 5) is 34.5. The van der Waals surface area contributed by atoms with Gasteiger partial charge in [0, 0.05) is 10.9 Å². The summed E-state index contributed by atoms with van der Waals surface area (Å²) >= 11 is 2.82. The predicted molar refractivity (Wildman–Crippen MR) is 120 cm³/mol. The van der Waals surface area contributed by atoms with E-state index in [9.17, 15) is 14.9 Å². The van der Waals surface area contributed by atoms with Gasteiger partial charge in [-0.15, -0.1) is 11.3 Å². The molecule has 1 amide bonds. The number of nitro groups is 1. The number of benzene rings is 1. The molecule has 1 aliphatic rings. The summed E-state index contributed by atoms with van der Waals surface area (Å²) in [5, 5.41) is 15.4. The van der Waals surface area contributed by atoms with E-state index < -0.39 is 4.92 Å². The predicted octanol–water partition coefficient (Wildman–Crippen LogP) is 4.41. The highest BCUT2D eigenvalue weighted by Crippen LogP contribution is 2.38. The lowest BCUT2D eigenvalue weighted by molar-refractivity contribution is -0.384. The summed E-state index contributed by atoms with van der Waals surface area (Å²) in [6, 6.07) is 3.08. The molecule has 0 radical (unpaired) electrons. The minimum atomic E-state index is -0.495. The smallest absolute Gasteiger partial charge is 0.293 e. The first-order chi connectivity index (χ1) is 14.3. The van der Waals surface area contributed by atoms with Crippen LogP contribution in [-0.2, 0) is 17.6 Å². The highest BCUT2D eigenvalue weighted by molar-refractivity contribution is 7.99. The minimum absolute atomic E-state index is 0.0283. The topological polar surface area (TPSA) is 124 Å². The number of nitrogens with one attached hydrogen (secondary N) is 1. The van der Waals surface area contributed by atoms with Crippen LogP contribution in [-0.4, -0.2) is 26.6 Å². The first-order valence-electron chi connectivity index (χ1n) is 9.60. The Labute approximate surface area is 181 Å². The number of hydrogen-bond acceptors (Lipinski definition) is 8. The number of anilines is 2. The zero-order valence-corrected chi connectivity index (χ0v) is 18.3. The Kier molecular flexibility index (Phi) is 5.61. The van der Waals surface area contributed by atoms with Crippen molar-refractivity contribution in [2.24, 2.45) is 0 Å². The molecule has 0 spiro atoms. The van der Waals surface area contributed by atoms with Gasteiger partial charge in [-0.2, -0.15) is 0 Å². The van der Waals surface area contributed by atoms with Crippen LogP contribution in [0.25, 0.3) is 10.2 Å². The third kappa shape index (κ3) is 3.84. The van der Waals surface area contributed by atoms with Gasteiger partial charge in [-0.25, -0.2) is 9.97 Å². The molecule has 3 N–H and O–H groups in total. The van der Waals surface area contributed by atoms with Crippen molar-refractivity contribution in [3.63, 3.8) is 0 Å². The number of nitrogens with two attached hydrogens (primary N) is 1. The number of hydrogen-bond donors (Lipinski definition) is 2. The second kappa shape index (κ2) is 8.19. The number of thioether (sulfide) groups is 1. The molecule has 0 unspecified atom stereocenters. The molecule has 2 aromatic heterocycles. The molecule has 8 nitrogen and oxygen atoms in total. The number of rotatable bonds is 5. The van der Waals surface area contributed by atoms with E-state index in [4.69, 9.17) is 5.73 Å². The maximum absolute atomic E-state index is 12.5. The fourth-order valence-electron chi connectivity index (χ4n) is 3.65. The summed E-state index contributed by atoms with van der Waals surface area (Å²) < 4.78 is 0. The molecule has 0 fully saturated rings. The summed E-state index contributed by atoms with van der Waals surface area (Å²) in [7, 11) is 0. The van der Waals surface area contributed by atoms with E-state index >= 15 is 0 Å². The van der Waals surface area contributed by atoms with Gasteiger partial charge in [0.25, 0.3) is 5.69 Å². The lowest BCUT2D eigenvalue weighted by Crippen LogP contribution is -2.16. The van der Waals surface area contributed by atoms with E-state index in [1.165, 1.54) is 34.7 Å². The van der Waals surface area contributed by atoms with Gasteiger partial charge in [-0.3, -0.25) is 14.9 Å². The Balaban J connectivity index is 1.52. The number of aromatic nitrogens is 2. The fourth-order valence-corrected chi connectivity index (χ4v) is 5.62. The van der Waals surface area contributed by atoms with Crippen molar-refractivity contribution in [3.8, 4) is 0 Å². The molecule has 0 atom stereocenters. The third-order valence-electron chi connectivity index (χ3n) is 5.33. The lowest BCUT2D eigenvalue weighted by Gasteiger charge is -2.11. The Morgan fingerprint density at radius 3 is 2.83 bits per heavy atom. The zero-order chi connectivity index (χ0) is 21.4. The highest BCUT2D eigenvalue weighted by Gasteiger charge is 2.22. The quantitative estimate of drug-likeness (QED) is 0.259. The largest absolute Gasteiger partial charge is 0.383 e. The van der Waals surface area contributed by atoms with Crippen LogP contribution in [0, 0.1) is 24.0 Å². The number of carbonyl (C=O) groups excluding carboxylic acids is 1. The van der Waals surface area contributed by atoms with Crippen molar-refractivity contribution >= 4 is 56.4 Å². The van der Waals surface area contributed by atoms with Crippen LogP contribution in [0.4, 0.5) is 17.2 Å². The van der Waals surface area contributed by atoms with Crippen LogP contribution in [0.15, 0.2) is 17.3 Å². The molecule has 4 rings (SSSR count). The van der Waals surface area contributed by atoms with Gasteiger partial charge >= 0.3 is 0 Å². The van der Waals surface area contributed by atoms with Crippen LogP contribution in [0.5, 0.6) is 0 Å². The van der Waals surface area contributed by atoms with Gasteiger partial charge in [-0.1, -0.05) is 17.8 Å². The van der Waals surface area contributed by atoms with Crippen molar-refractivity contribution in [2.45, 2.75) is 44.7 Å². The molecule has 0 aliphatic heterocycles. The zero-order valence-electron chi connectivity index (χ0n) is 16.7. The fraction of sp³-hybridized carbons (Fsp3) is 0.350. The number of nitrogen functional groups attached to an aromatic ring is 1. The number of nitrogens with zero attached hydrogens (tertiary/aromatic N) is 3. The summed E-state index contributed by atoms with van der Waals surface area (Å²) in [6.45, 7) is 3.59. The first-order valence-corrected chi connectivity index (χ1v) is 11.4. The molecule has 1 aromatic carbocycles. The summed E-state index contributed by atoms with van der Waals surface area (Å²) in [5.41, 5.74) is 9.13. The van der Waals surface area contributed by atoms with Crippen molar-refractivity contribution in [3.05, 3.63) is 43.8 Å². The van der Waals surface area contributed by atoms with Crippen molar-refractivity contribution in [1.29, 1.82) is 0 Å². The molecular weight excluding hydrogens is 422 g/mol.